The number of hydrogen-bond acceptors (Lipinski definition) is 3. The molecule has 0 heterocycles. The predicted molar refractivity (Wildman–Crippen MR) is 67.4 cm³/mol. The minimum Gasteiger partial charge on any atom is -0.388 e. The first kappa shape index (κ1) is 15.3. The van der Waals surface area contributed by atoms with E-state index >= 15 is 0 Å². The number of carbonyl (C=O) groups excluding carboxylic acids is 1. The first-order chi connectivity index (χ1) is 7.19. The van der Waals surface area contributed by atoms with Crippen molar-refractivity contribution in [2.24, 2.45) is 5.92 Å². The highest BCUT2D eigenvalue weighted by molar-refractivity contribution is 6.80. The van der Waals surface area contributed by atoms with Gasteiger partial charge in [-0.2, -0.15) is 0 Å². The highest BCUT2D eigenvalue weighted by Crippen LogP contribution is 2.11. The Labute approximate surface area is 98.9 Å². The molecule has 0 fully saturated rings. The zero-order valence-corrected chi connectivity index (χ0v) is 12.0. The fraction of sp³-hybridized carbons (Fsp3) is 0.727. The van der Waals surface area contributed by atoms with Crippen molar-refractivity contribution in [3.63, 3.8) is 0 Å². The molecule has 2 atom stereocenters. The number of nitrogens with zero attached hydrogens (tertiary/aromatic N) is 1. The van der Waals surface area contributed by atoms with Gasteiger partial charge in [-0.3, -0.25) is 9.63 Å². The van der Waals surface area contributed by atoms with Crippen molar-refractivity contribution in [3.05, 3.63) is 11.8 Å². The van der Waals surface area contributed by atoms with Crippen LogP contribution in [0.1, 0.15) is 6.92 Å². The molecular weight excluding hydrogens is 222 g/mol. The molecule has 0 saturated carbocycles. The Kier molecular flexibility index (Phi) is 5.92. The predicted octanol–water partition coefficient (Wildman–Crippen LogP) is 1.44. The molecule has 0 saturated heterocycles. The van der Waals surface area contributed by atoms with Crippen molar-refractivity contribution < 1.29 is 14.7 Å². The quantitative estimate of drug-likeness (QED) is 0.589. The zero-order valence-electron chi connectivity index (χ0n) is 11.0. The molecule has 0 unspecified atom stereocenters. The largest absolute Gasteiger partial charge is 0.388 e. The maximum Gasteiger partial charge on any atom is 0.251 e. The molecule has 1 amide bonds. The van der Waals surface area contributed by atoms with Crippen molar-refractivity contribution in [2.45, 2.75) is 32.7 Å². The summed E-state index contributed by atoms with van der Waals surface area (Å²) in [6, 6.07) is 0. The van der Waals surface area contributed by atoms with Crippen molar-refractivity contribution in [3.8, 4) is 0 Å². The van der Waals surface area contributed by atoms with E-state index in [1.54, 1.807) is 13.0 Å². The van der Waals surface area contributed by atoms with E-state index in [1.165, 1.54) is 14.2 Å². The molecule has 0 bridgehead atoms. The number of aliphatic hydroxyl groups excluding tert-OH is 1. The molecule has 1 N–H and O–H groups in total. The molecule has 0 aromatic heterocycles. The van der Waals surface area contributed by atoms with E-state index in [-0.39, 0.29) is 5.91 Å². The third-order valence-corrected chi connectivity index (χ3v) is 3.47. The Morgan fingerprint density at radius 3 is 2.31 bits per heavy atom. The van der Waals surface area contributed by atoms with Gasteiger partial charge < -0.3 is 5.11 Å². The van der Waals surface area contributed by atoms with Crippen LogP contribution in [0.2, 0.25) is 19.6 Å². The van der Waals surface area contributed by atoms with Crippen molar-refractivity contribution in [2.75, 3.05) is 14.2 Å². The van der Waals surface area contributed by atoms with Gasteiger partial charge in [0.1, 0.15) is 0 Å². The lowest BCUT2D eigenvalue weighted by atomic mass is 10.0. The first-order valence-electron chi connectivity index (χ1n) is 5.38. The lowest BCUT2D eigenvalue weighted by Gasteiger charge is -2.21. The van der Waals surface area contributed by atoms with E-state index in [0.717, 1.165) is 5.06 Å². The number of aliphatic hydroxyl groups is 1. The van der Waals surface area contributed by atoms with Gasteiger partial charge in [0.2, 0.25) is 0 Å². The van der Waals surface area contributed by atoms with Crippen molar-refractivity contribution in [1.82, 2.24) is 5.06 Å². The van der Waals surface area contributed by atoms with Crippen LogP contribution >= 0.6 is 0 Å². The van der Waals surface area contributed by atoms with Crippen LogP contribution in [0.5, 0.6) is 0 Å². The molecule has 94 valence electrons. The van der Waals surface area contributed by atoms with Crippen LogP contribution in [0.25, 0.3) is 0 Å². The molecule has 0 aliphatic heterocycles. The highest BCUT2D eigenvalue weighted by atomic mass is 28.3. The summed E-state index contributed by atoms with van der Waals surface area (Å²) in [5, 5.41) is 11.0. The molecule has 4 nitrogen and oxygen atoms in total. The second-order valence-corrected chi connectivity index (χ2v) is 10.1. The lowest BCUT2D eigenvalue weighted by molar-refractivity contribution is -0.175. The summed E-state index contributed by atoms with van der Waals surface area (Å²) in [6.07, 6.45) is 0.968. The fourth-order valence-electron chi connectivity index (χ4n) is 1.08. The maximum absolute atomic E-state index is 11.7. The van der Waals surface area contributed by atoms with Gasteiger partial charge in [0.15, 0.2) is 0 Å². The van der Waals surface area contributed by atoms with E-state index in [4.69, 9.17) is 4.84 Å². The Hall–Kier alpha value is -0.653. The maximum atomic E-state index is 11.7. The van der Waals surface area contributed by atoms with Gasteiger partial charge in [-0.1, -0.05) is 38.3 Å². The number of amides is 1. The Bertz CT molecular complexity index is 260. The molecule has 5 heteroatoms. The summed E-state index contributed by atoms with van der Waals surface area (Å²) in [4.78, 5) is 16.4. The smallest absolute Gasteiger partial charge is 0.251 e. The van der Waals surface area contributed by atoms with Gasteiger partial charge in [-0.15, -0.1) is 0 Å². The average molecular weight is 245 g/mol. The van der Waals surface area contributed by atoms with Crippen LogP contribution in [-0.2, 0) is 9.63 Å². The Morgan fingerprint density at radius 2 is 1.94 bits per heavy atom. The number of hydrogen-bond donors (Lipinski definition) is 1. The van der Waals surface area contributed by atoms with Gasteiger partial charge in [0, 0.05) is 7.05 Å². The third-order valence-electron chi connectivity index (χ3n) is 2.28. The average Bonchev–Trinajstić information content (AvgIpc) is 2.21. The van der Waals surface area contributed by atoms with Crippen LogP contribution < -0.4 is 0 Å². The summed E-state index contributed by atoms with van der Waals surface area (Å²) >= 11 is 0. The van der Waals surface area contributed by atoms with Crippen molar-refractivity contribution >= 4 is 14.0 Å². The summed E-state index contributed by atoms with van der Waals surface area (Å²) in [5.41, 5.74) is 2.04. The van der Waals surface area contributed by atoms with E-state index in [9.17, 15) is 9.90 Å². The molecular formula is C11H23NO3Si. The lowest BCUT2D eigenvalue weighted by Crippen LogP contribution is -2.36. The number of hydroxylamine groups is 2. The third kappa shape index (κ3) is 5.44. The first-order valence-corrected chi connectivity index (χ1v) is 8.96. The molecule has 0 rings (SSSR count). The van der Waals surface area contributed by atoms with Crippen LogP contribution in [-0.4, -0.2) is 44.4 Å². The summed E-state index contributed by atoms with van der Waals surface area (Å²) in [7, 11) is 1.63. The van der Waals surface area contributed by atoms with E-state index in [2.05, 4.69) is 19.6 Å². The minimum absolute atomic E-state index is 0.227. The van der Waals surface area contributed by atoms with Gasteiger partial charge in [-0.05, 0) is 0 Å². The van der Waals surface area contributed by atoms with Gasteiger partial charge in [0.05, 0.1) is 27.2 Å². The second kappa shape index (κ2) is 6.17. The topological polar surface area (TPSA) is 49.8 Å². The Morgan fingerprint density at radius 1 is 1.44 bits per heavy atom. The van der Waals surface area contributed by atoms with E-state index < -0.39 is 20.1 Å². The minimum atomic E-state index is -1.33. The monoisotopic (exact) mass is 245 g/mol. The van der Waals surface area contributed by atoms with Crippen LogP contribution in [0.4, 0.5) is 0 Å². The SMILES string of the molecule is CON(C)C(=O)[C@@H](C)[C@H](O)/C=C/[Si](C)(C)C. The standard InChI is InChI=1S/C11H23NO3Si/c1-9(11(14)12(2)15-3)10(13)7-8-16(4,5)6/h7-10,13H,1-6H3/b8-7+/t9-,10+/m0/s1. The Balaban J connectivity index is 4.45. The number of carbonyl (C=O) groups is 1. The molecule has 16 heavy (non-hydrogen) atoms. The molecule has 0 aromatic carbocycles. The molecule has 0 spiro atoms. The van der Waals surface area contributed by atoms with Crippen LogP contribution in [0.3, 0.4) is 0 Å². The number of rotatable bonds is 5. The van der Waals surface area contributed by atoms with Crippen molar-refractivity contribution in [1.29, 1.82) is 0 Å². The normalized spacial score (nSPS) is 16.2. The summed E-state index contributed by atoms with van der Waals surface area (Å²) in [5.74, 6) is -0.715. The van der Waals surface area contributed by atoms with E-state index in [1.807, 2.05) is 5.70 Å². The van der Waals surface area contributed by atoms with Gasteiger partial charge >= 0.3 is 0 Å². The molecule has 0 radical (unpaired) electrons. The van der Waals surface area contributed by atoms with Gasteiger partial charge in [-0.25, -0.2) is 5.06 Å². The highest BCUT2D eigenvalue weighted by Gasteiger charge is 2.23. The molecule has 0 aliphatic rings. The molecule has 0 aromatic rings. The van der Waals surface area contributed by atoms with E-state index in [0.29, 0.717) is 0 Å². The second-order valence-electron chi connectivity index (χ2n) is 5.02. The molecule has 0 aliphatic carbocycles. The fourth-order valence-corrected chi connectivity index (χ4v) is 1.85. The summed E-state index contributed by atoms with van der Waals surface area (Å²) in [6.45, 7) is 8.20. The summed E-state index contributed by atoms with van der Waals surface area (Å²) < 4.78 is 0. The zero-order chi connectivity index (χ0) is 12.9. The van der Waals surface area contributed by atoms with Gasteiger partial charge in [0.25, 0.3) is 5.91 Å². The van der Waals surface area contributed by atoms with Crippen LogP contribution in [0.15, 0.2) is 11.8 Å². The van der Waals surface area contributed by atoms with Crippen LogP contribution in [0, 0.1) is 5.92 Å².